The van der Waals surface area contributed by atoms with Crippen molar-refractivity contribution in [2.24, 2.45) is 0 Å². The zero-order chi connectivity index (χ0) is 18.9. The third-order valence-corrected chi connectivity index (χ3v) is 4.44. The summed E-state index contributed by atoms with van der Waals surface area (Å²) in [4.78, 5) is 14.3. The number of nitrogens with zero attached hydrogens (tertiary/aromatic N) is 2. The highest BCUT2D eigenvalue weighted by atomic mass is 19.4. The number of anilines is 1. The van der Waals surface area contributed by atoms with Gasteiger partial charge in [-0.1, -0.05) is 17.3 Å². The molecule has 1 aliphatic rings. The van der Waals surface area contributed by atoms with Gasteiger partial charge in [0.25, 0.3) is 5.91 Å². The van der Waals surface area contributed by atoms with Crippen LogP contribution in [0.5, 0.6) is 0 Å². The maximum Gasteiger partial charge on any atom is 0.420 e. The summed E-state index contributed by atoms with van der Waals surface area (Å²) in [6.07, 6.45) is -6.19. The highest BCUT2D eigenvalue weighted by Crippen LogP contribution is 2.35. The Morgan fingerprint density at radius 1 is 1.38 bits per heavy atom. The highest BCUT2D eigenvalue weighted by Gasteiger charge is 2.42. The number of likely N-dealkylation sites (tertiary alicyclic amines) is 1. The average molecular weight is 369 g/mol. The normalized spacial score (nSPS) is 19.4. The van der Waals surface area contributed by atoms with E-state index in [2.05, 4.69) is 5.16 Å². The van der Waals surface area contributed by atoms with Crippen LogP contribution in [0.3, 0.4) is 0 Å². The zero-order valence-corrected chi connectivity index (χ0v) is 13.7. The topological polar surface area (TPSA) is 92.6 Å². The minimum absolute atomic E-state index is 0.224. The molecule has 0 radical (unpaired) electrons. The molecule has 6 nitrogen and oxygen atoms in total. The lowest BCUT2D eigenvalue weighted by Gasteiger charge is -2.31. The SMILES string of the molecule is Nc1ccccc1C(=O)N1CCC[C@@H](c2cc([C@H](O)C(F)(F)F)no2)C1. The second-order valence-corrected chi connectivity index (χ2v) is 6.28. The van der Waals surface area contributed by atoms with Crippen LogP contribution in [0.15, 0.2) is 34.9 Å². The van der Waals surface area contributed by atoms with Gasteiger partial charge in [-0.3, -0.25) is 4.79 Å². The fourth-order valence-electron chi connectivity index (χ4n) is 3.05. The van der Waals surface area contributed by atoms with Crippen LogP contribution in [0.1, 0.15) is 46.7 Å². The highest BCUT2D eigenvalue weighted by molar-refractivity contribution is 5.99. The van der Waals surface area contributed by atoms with Gasteiger partial charge in [0.1, 0.15) is 11.5 Å². The number of benzene rings is 1. The number of nitrogens with two attached hydrogens (primary N) is 1. The number of hydrogen-bond donors (Lipinski definition) is 2. The Labute approximate surface area is 147 Å². The molecule has 3 rings (SSSR count). The molecule has 26 heavy (non-hydrogen) atoms. The molecule has 9 heteroatoms. The van der Waals surface area contributed by atoms with Crippen molar-refractivity contribution in [1.29, 1.82) is 0 Å². The first-order valence-corrected chi connectivity index (χ1v) is 8.12. The van der Waals surface area contributed by atoms with E-state index in [1.807, 2.05) is 0 Å². The molecule has 0 unspecified atom stereocenters. The number of amides is 1. The maximum absolute atomic E-state index is 12.7. The Bertz CT molecular complexity index is 791. The van der Waals surface area contributed by atoms with Gasteiger partial charge < -0.3 is 20.3 Å². The quantitative estimate of drug-likeness (QED) is 0.812. The molecule has 1 saturated heterocycles. The summed E-state index contributed by atoms with van der Waals surface area (Å²) in [7, 11) is 0. The number of carbonyl (C=O) groups excluding carboxylic acids is 1. The summed E-state index contributed by atoms with van der Waals surface area (Å²) < 4.78 is 42.8. The van der Waals surface area contributed by atoms with E-state index in [1.54, 1.807) is 29.2 Å². The minimum atomic E-state index is -4.81. The van der Waals surface area contributed by atoms with Crippen LogP contribution >= 0.6 is 0 Å². The number of carbonyl (C=O) groups is 1. The van der Waals surface area contributed by atoms with Gasteiger partial charge in [-0.25, -0.2) is 0 Å². The van der Waals surface area contributed by atoms with E-state index in [-0.39, 0.29) is 24.1 Å². The first-order chi connectivity index (χ1) is 12.3. The van der Waals surface area contributed by atoms with Crippen molar-refractivity contribution in [3.8, 4) is 0 Å². The lowest BCUT2D eigenvalue weighted by atomic mass is 9.94. The van der Waals surface area contributed by atoms with Crippen LogP contribution in [0.25, 0.3) is 0 Å². The third kappa shape index (κ3) is 3.67. The molecule has 2 atom stereocenters. The van der Waals surface area contributed by atoms with E-state index in [0.29, 0.717) is 30.6 Å². The fraction of sp³-hybridized carbons (Fsp3) is 0.412. The molecule has 0 aliphatic carbocycles. The molecule has 1 aliphatic heterocycles. The lowest BCUT2D eigenvalue weighted by molar-refractivity contribution is -0.208. The van der Waals surface area contributed by atoms with Gasteiger partial charge in [-0.2, -0.15) is 13.2 Å². The molecule has 0 spiro atoms. The fourth-order valence-corrected chi connectivity index (χ4v) is 3.05. The number of piperidine rings is 1. The van der Waals surface area contributed by atoms with E-state index in [0.717, 1.165) is 6.07 Å². The average Bonchev–Trinajstić information content (AvgIpc) is 3.10. The molecular formula is C17H18F3N3O3. The molecule has 0 saturated carbocycles. The van der Waals surface area contributed by atoms with Gasteiger partial charge in [0.15, 0.2) is 6.10 Å². The first-order valence-electron chi connectivity index (χ1n) is 8.12. The second kappa shape index (κ2) is 6.99. The number of rotatable bonds is 3. The molecule has 1 aromatic heterocycles. The molecular weight excluding hydrogens is 351 g/mol. The standard InChI is InChI=1S/C17H18F3N3O3/c18-17(19,20)15(24)13-8-14(26-22-13)10-4-3-7-23(9-10)16(25)11-5-1-2-6-12(11)21/h1-2,5-6,8,10,15,24H,3-4,7,9,21H2/t10-,15+/m1/s1. The summed E-state index contributed by atoms with van der Waals surface area (Å²) in [6.45, 7) is 0.805. The maximum atomic E-state index is 12.7. The molecule has 1 amide bonds. The van der Waals surface area contributed by atoms with Crippen LogP contribution in [-0.4, -0.2) is 40.3 Å². The van der Waals surface area contributed by atoms with Gasteiger partial charge in [-0.15, -0.1) is 0 Å². The summed E-state index contributed by atoms with van der Waals surface area (Å²) in [5.41, 5.74) is 6.02. The van der Waals surface area contributed by atoms with Crippen LogP contribution < -0.4 is 5.73 Å². The van der Waals surface area contributed by atoms with Crippen molar-refractivity contribution in [1.82, 2.24) is 10.1 Å². The second-order valence-electron chi connectivity index (χ2n) is 6.28. The van der Waals surface area contributed by atoms with Crippen molar-refractivity contribution in [3.05, 3.63) is 47.3 Å². The Morgan fingerprint density at radius 2 is 2.12 bits per heavy atom. The molecule has 3 N–H and O–H groups in total. The predicted octanol–water partition coefficient (Wildman–Crippen LogP) is 2.87. The van der Waals surface area contributed by atoms with E-state index >= 15 is 0 Å². The number of halogens is 3. The third-order valence-electron chi connectivity index (χ3n) is 4.44. The Hall–Kier alpha value is -2.55. The molecule has 2 heterocycles. The summed E-state index contributed by atoms with van der Waals surface area (Å²) in [5, 5.41) is 12.6. The van der Waals surface area contributed by atoms with E-state index in [1.165, 1.54) is 0 Å². The lowest BCUT2D eigenvalue weighted by Crippen LogP contribution is -2.39. The van der Waals surface area contributed by atoms with Crippen molar-refractivity contribution in [2.45, 2.75) is 31.0 Å². The zero-order valence-electron chi connectivity index (χ0n) is 13.7. The molecule has 1 fully saturated rings. The monoisotopic (exact) mass is 369 g/mol. The van der Waals surface area contributed by atoms with Crippen LogP contribution in [0.4, 0.5) is 18.9 Å². The molecule has 140 valence electrons. The molecule has 0 bridgehead atoms. The summed E-state index contributed by atoms with van der Waals surface area (Å²) >= 11 is 0. The minimum Gasteiger partial charge on any atom is -0.398 e. The van der Waals surface area contributed by atoms with Crippen molar-refractivity contribution in [2.75, 3.05) is 18.8 Å². The number of alkyl halides is 3. The van der Waals surface area contributed by atoms with Crippen LogP contribution in [0.2, 0.25) is 0 Å². The van der Waals surface area contributed by atoms with Crippen LogP contribution in [0, 0.1) is 0 Å². The van der Waals surface area contributed by atoms with Gasteiger partial charge in [0.05, 0.1) is 5.56 Å². The smallest absolute Gasteiger partial charge is 0.398 e. The first kappa shape index (κ1) is 18.2. The number of aliphatic hydroxyl groups is 1. The van der Waals surface area contributed by atoms with Gasteiger partial charge >= 0.3 is 6.18 Å². The van der Waals surface area contributed by atoms with E-state index in [9.17, 15) is 23.1 Å². The number of aromatic nitrogens is 1. The van der Waals surface area contributed by atoms with Crippen molar-refractivity contribution < 1.29 is 27.6 Å². The van der Waals surface area contributed by atoms with Gasteiger partial charge in [0, 0.05) is 30.8 Å². The summed E-state index contributed by atoms with van der Waals surface area (Å²) in [6, 6.07) is 7.82. The molecule has 1 aromatic carbocycles. The molecule has 2 aromatic rings. The number of para-hydroxylation sites is 1. The van der Waals surface area contributed by atoms with Gasteiger partial charge in [0.2, 0.25) is 0 Å². The van der Waals surface area contributed by atoms with Crippen molar-refractivity contribution >= 4 is 11.6 Å². The predicted molar refractivity (Wildman–Crippen MR) is 86.3 cm³/mol. The van der Waals surface area contributed by atoms with E-state index in [4.69, 9.17) is 10.3 Å². The van der Waals surface area contributed by atoms with Gasteiger partial charge in [-0.05, 0) is 25.0 Å². The Kier molecular flexibility index (Phi) is 4.90. The Balaban J connectivity index is 1.74. The van der Waals surface area contributed by atoms with Crippen molar-refractivity contribution in [3.63, 3.8) is 0 Å². The number of aliphatic hydroxyl groups excluding tert-OH is 1. The summed E-state index contributed by atoms with van der Waals surface area (Å²) in [5.74, 6) is -0.302. The largest absolute Gasteiger partial charge is 0.420 e. The number of hydrogen-bond acceptors (Lipinski definition) is 5. The number of nitrogen functional groups attached to an aromatic ring is 1. The Morgan fingerprint density at radius 3 is 2.81 bits per heavy atom. The van der Waals surface area contributed by atoms with E-state index < -0.39 is 18.0 Å². The van der Waals surface area contributed by atoms with Crippen LogP contribution in [-0.2, 0) is 0 Å².